The van der Waals surface area contributed by atoms with Gasteiger partial charge >= 0.3 is 0 Å². The van der Waals surface area contributed by atoms with Crippen molar-refractivity contribution in [1.29, 1.82) is 0 Å². The van der Waals surface area contributed by atoms with Crippen LogP contribution in [0, 0.1) is 0 Å². The predicted molar refractivity (Wildman–Crippen MR) is 122 cm³/mol. The van der Waals surface area contributed by atoms with Crippen LogP contribution in [0.5, 0.6) is 5.75 Å². The van der Waals surface area contributed by atoms with Gasteiger partial charge in [0.1, 0.15) is 18.2 Å². The molecule has 0 atom stereocenters. The van der Waals surface area contributed by atoms with Crippen molar-refractivity contribution < 1.29 is 14.3 Å². The molecule has 3 aromatic carbocycles. The van der Waals surface area contributed by atoms with Gasteiger partial charge in [-0.15, -0.1) is 0 Å². The minimum absolute atomic E-state index is 0.0714. The number of rotatable bonds is 10. The summed E-state index contributed by atoms with van der Waals surface area (Å²) in [6.07, 6.45) is 1.51. The van der Waals surface area contributed by atoms with Gasteiger partial charge in [-0.3, -0.25) is 4.79 Å². The average Bonchev–Trinajstić information content (AvgIpc) is 3.14. The Morgan fingerprint density at radius 2 is 1.84 bits per heavy atom. The van der Waals surface area contributed by atoms with E-state index >= 15 is 0 Å². The molecule has 0 bridgehead atoms. The second-order valence-electron chi connectivity index (χ2n) is 7.38. The fourth-order valence-corrected chi connectivity index (χ4v) is 3.79. The molecule has 0 saturated carbocycles. The molecule has 1 amide bonds. The van der Waals surface area contributed by atoms with Crippen LogP contribution >= 0.6 is 0 Å². The number of para-hydroxylation sites is 2. The molecule has 4 rings (SSSR count). The number of nitrogens with zero attached hydrogens (tertiary/aromatic N) is 2. The number of fused-ring (bicyclic) bond motifs is 2. The van der Waals surface area contributed by atoms with Crippen LogP contribution in [0.2, 0.25) is 0 Å². The lowest BCUT2D eigenvalue weighted by molar-refractivity contribution is -0.124. The summed E-state index contributed by atoms with van der Waals surface area (Å²) in [5.41, 5.74) is 2.07. The molecular formula is C25H27N3O3. The van der Waals surface area contributed by atoms with Gasteiger partial charge in [0.2, 0.25) is 5.91 Å². The molecule has 6 nitrogen and oxygen atoms in total. The quantitative estimate of drug-likeness (QED) is 0.397. The van der Waals surface area contributed by atoms with E-state index in [9.17, 15) is 4.79 Å². The van der Waals surface area contributed by atoms with Gasteiger partial charge in [-0.2, -0.15) is 0 Å². The van der Waals surface area contributed by atoms with Crippen LogP contribution in [0.25, 0.3) is 21.8 Å². The summed E-state index contributed by atoms with van der Waals surface area (Å²) in [6, 6.07) is 22.5. The Kier molecular flexibility index (Phi) is 6.79. The molecule has 0 aliphatic carbocycles. The number of aryl methyl sites for hydroxylation is 1. The Morgan fingerprint density at radius 1 is 1.03 bits per heavy atom. The number of amides is 1. The molecule has 160 valence electrons. The topological polar surface area (TPSA) is 65.4 Å². The van der Waals surface area contributed by atoms with E-state index in [1.54, 1.807) is 0 Å². The molecule has 0 unspecified atom stereocenters. The van der Waals surface area contributed by atoms with Crippen LogP contribution in [0.4, 0.5) is 0 Å². The Labute approximate surface area is 181 Å². The van der Waals surface area contributed by atoms with E-state index in [0.717, 1.165) is 41.0 Å². The summed E-state index contributed by atoms with van der Waals surface area (Å²) in [6.45, 7) is 2.01. The second-order valence-corrected chi connectivity index (χ2v) is 7.38. The highest BCUT2D eigenvalue weighted by molar-refractivity contribution is 5.88. The summed E-state index contributed by atoms with van der Waals surface area (Å²) in [5, 5.41) is 5.18. The van der Waals surface area contributed by atoms with E-state index < -0.39 is 0 Å². The Bertz CT molecular complexity index is 1160. The fraction of sp³-hybridized carbons (Fsp3) is 0.280. The van der Waals surface area contributed by atoms with Gasteiger partial charge in [-0.05, 0) is 30.0 Å². The first-order chi connectivity index (χ1) is 15.3. The minimum atomic E-state index is -0.117. The fourth-order valence-electron chi connectivity index (χ4n) is 3.79. The van der Waals surface area contributed by atoms with Crippen LogP contribution in [0.15, 0.2) is 66.7 Å². The number of ether oxygens (including phenoxy) is 2. The zero-order chi connectivity index (χ0) is 21.5. The van der Waals surface area contributed by atoms with Crippen molar-refractivity contribution in [3.05, 3.63) is 72.6 Å². The highest BCUT2D eigenvalue weighted by atomic mass is 16.5. The molecule has 1 N–H and O–H groups in total. The molecule has 0 spiro atoms. The zero-order valence-electron chi connectivity index (χ0n) is 17.7. The molecular weight excluding hydrogens is 390 g/mol. The first kappa shape index (κ1) is 20.9. The predicted octanol–water partition coefficient (Wildman–Crippen LogP) is 3.96. The van der Waals surface area contributed by atoms with E-state index in [-0.39, 0.29) is 12.5 Å². The Hall–Kier alpha value is -3.38. The maximum absolute atomic E-state index is 11.6. The number of benzene rings is 3. The monoisotopic (exact) mass is 417 g/mol. The maximum Gasteiger partial charge on any atom is 0.245 e. The average molecular weight is 418 g/mol. The van der Waals surface area contributed by atoms with Gasteiger partial charge in [-0.25, -0.2) is 4.98 Å². The molecule has 1 heterocycles. The zero-order valence-corrected chi connectivity index (χ0v) is 17.7. The molecule has 31 heavy (non-hydrogen) atoms. The molecule has 0 aliphatic heterocycles. The third-order valence-electron chi connectivity index (χ3n) is 5.21. The van der Waals surface area contributed by atoms with Gasteiger partial charge in [0.25, 0.3) is 0 Å². The highest BCUT2D eigenvalue weighted by Gasteiger charge is 2.11. The molecule has 0 saturated heterocycles. The van der Waals surface area contributed by atoms with Crippen LogP contribution in [0.3, 0.4) is 0 Å². The Balaban J connectivity index is 1.40. The van der Waals surface area contributed by atoms with Crippen molar-refractivity contribution in [3.8, 4) is 5.75 Å². The first-order valence-electron chi connectivity index (χ1n) is 10.6. The lowest BCUT2D eigenvalue weighted by Gasteiger charge is -2.12. The Morgan fingerprint density at radius 3 is 2.74 bits per heavy atom. The molecule has 0 fully saturated rings. The summed E-state index contributed by atoms with van der Waals surface area (Å²) in [5.74, 6) is 1.76. The second kappa shape index (κ2) is 10.1. The molecule has 0 aliphatic rings. The number of hydrogen-bond donors (Lipinski definition) is 1. The number of methoxy groups -OCH3 is 1. The SMILES string of the molecule is COCC(=O)NCCc1nc2ccccc2n1CCCOc1cccc2ccccc12. The lowest BCUT2D eigenvalue weighted by atomic mass is 10.1. The van der Waals surface area contributed by atoms with Gasteiger partial charge in [0.15, 0.2) is 0 Å². The smallest absolute Gasteiger partial charge is 0.245 e. The maximum atomic E-state index is 11.6. The van der Waals surface area contributed by atoms with Crippen LogP contribution in [0.1, 0.15) is 12.2 Å². The van der Waals surface area contributed by atoms with E-state index in [0.29, 0.717) is 19.6 Å². The lowest BCUT2D eigenvalue weighted by Crippen LogP contribution is -2.29. The van der Waals surface area contributed by atoms with Crippen molar-refractivity contribution in [3.63, 3.8) is 0 Å². The third kappa shape index (κ3) is 5.03. The van der Waals surface area contributed by atoms with E-state index in [1.165, 1.54) is 12.5 Å². The summed E-state index contributed by atoms with van der Waals surface area (Å²) in [7, 11) is 1.51. The van der Waals surface area contributed by atoms with Gasteiger partial charge < -0.3 is 19.4 Å². The molecule has 4 aromatic rings. The normalized spacial score (nSPS) is 11.1. The van der Waals surface area contributed by atoms with E-state index in [1.807, 2.05) is 42.5 Å². The molecule has 0 radical (unpaired) electrons. The minimum Gasteiger partial charge on any atom is -0.493 e. The molecule has 1 aromatic heterocycles. The summed E-state index contributed by atoms with van der Waals surface area (Å²) < 4.78 is 13.2. The number of hydrogen-bond acceptors (Lipinski definition) is 4. The van der Waals surface area contributed by atoms with Crippen molar-refractivity contribution in [2.24, 2.45) is 0 Å². The van der Waals surface area contributed by atoms with Crippen molar-refractivity contribution in [2.45, 2.75) is 19.4 Å². The number of carbonyl (C=O) groups is 1. The number of carbonyl (C=O) groups excluding carboxylic acids is 1. The van der Waals surface area contributed by atoms with E-state index in [4.69, 9.17) is 14.5 Å². The van der Waals surface area contributed by atoms with Gasteiger partial charge in [0.05, 0.1) is 17.6 Å². The van der Waals surface area contributed by atoms with Crippen LogP contribution < -0.4 is 10.1 Å². The number of aromatic nitrogens is 2. The van der Waals surface area contributed by atoms with Crippen molar-refractivity contribution in [2.75, 3.05) is 26.9 Å². The van der Waals surface area contributed by atoms with Crippen molar-refractivity contribution in [1.82, 2.24) is 14.9 Å². The van der Waals surface area contributed by atoms with Crippen molar-refractivity contribution >= 4 is 27.7 Å². The summed E-state index contributed by atoms with van der Waals surface area (Å²) in [4.78, 5) is 16.4. The van der Waals surface area contributed by atoms with Crippen LogP contribution in [-0.4, -0.2) is 42.3 Å². The number of nitrogens with one attached hydrogen (secondary N) is 1. The van der Waals surface area contributed by atoms with Gasteiger partial charge in [0, 0.05) is 32.0 Å². The standard InChI is InChI=1S/C25H27N3O3/c1-30-18-25(29)26-15-14-24-27-21-11-4-5-12-22(21)28(24)16-7-17-31-23-13-6-9-19-8-2-3-10-20(19)23/h2-6,8-13H,7,14-18H2,1H3,(H,26,29). The number of imidazole rings is 1. The molecule has 6 heteroatoms. The largest absolute Gasteiger partial charge is 0.493 e. The van der Waals surface area contributed by atoms with Crippen LogP contribution in [-0.2, 0) is 22.5 Å². The van der Waals surface area contributed by atoms with Gasteiger partial charge in [-0.1, -0.05) is 48.5 Å². The summed E-state index contributed by atoms with van der Waals surface area (Å²) >= 11 is 0. The first-order valence-corrected chi connectivity index (χ1v) is 10.6. The van der Waals surface area contributed by atoms with E-state index in [2.05, 4.69) is 34.1 Å². The third-order valence-corrected chi connectivity index (χ3v) is 5.21. The highest BCUT2D eigenvalue weighted by Crippen LogP contribution is 2.25.